The van der Waals surface area contributed by atoms with Crippen molar-refractivity contribution in [3.63, 3.8) is 0 Å². The van der Waals surface area contributed by atoms with Gasteiger partial charge in [-0.3, -0.25) is 0 Å². The molecule has 1 fully saturated rings. The fourth-order valence-electron chi connectivity index (χ4n) is 2.12. The molecule has 0 amide bonds. The lowest BCUT2D eigenvalue weighted by atomic mass is 9.81. The standard InChI is InChI=1S/C9H13NOS/c11-8-5-9(12)10-7-4-2-1-3-6(7)8/h5-7,11H,1-4H2,(H,10,12). The first kappa shape index (κ1) is 8.05. The molecule has 1 saturated carbocycles. The third-order valence-electron chi connectivity index (χ3n) is 2.75. The number of aliphatic hydroxyl groups is 1. The predicted octanol–water partition coefficient (Wildman–Crippen LogP) is 1.92. The molecule has 2 unspecified atom stereocenters. The first-order chi connectivity index (χ1) is 5.77. The van der Waals surface area contributed by atoms with Crippen LogP contribution in [-0.4, -0.2) is 16.1 Å². The van der Waals surface area contributed by atoms with Crippen LogP contribution >= 0.6 is 12.2 Å². The molecule has 12 heavy (non-hydrogen) atoms. The topological polar surface area (TPSA) is 32.3 Å². The van der Waals surface area contributed by atoms with Crippen LogP contribution in [0.15, 0.2) is 11.8 Å². The van der Waals surface area contributed by atoms with Gasteiger partial charge in [-0.2, -0.15) is 0 Å². The van der Waals surface area contributed by atoms with Gasteiger partial charge in [0.1, 0.15) is 10.7 Å². The highest BCUT2D eigenvalue weighted by Crippen LogP contribution is 2.31. The first-order valence-electron chi connectivity index (χ1n) is 4.48. The lowest BCUT2D eigenvalue weighted by molar-refractivity contribution is 0.231. The van der Waals surface area contributed by atoms with Crippen LogP contribution in [0, 0.1) is 5.92 Å². The Morgan fingerprint density at radius 1 is 1.42 bits per heavy atom. The third-order valence-corrected chi connectivity index (χ3v) is 2.99. The van der Waals surface area contributed by atoms with Gasteiger partial charge in [-0.05, 0) is 12.8 Å². The molecule has 3 heteroatoms. The average molecular weight is 183 g/mol. The number of thiocarbonyl (C=S) groups is 1. The summed E-state index contributed by atoms with van der Waals surface area (Å²) in [6.45, 7) is 0. The van der Waals surface area contributed by atoms with E-state index in [0.717, 1.165) is 12.8 Å². The van der Waals surface area contributed by atoms with Crippen LogP contribution < -0.4 is 5.32 Å². The average Bonchev–Trinajstić information content (AvgIpc) is 2.04. The Balaban J connectivity index is 2.19. The Labute approximate surface area is 77.7 Å². The normalized spacial score (nSPS) is 35.0. The molecule has 2 rings (SSSR count). The second-order valence-electron chi connectivity index (χ2n) is 3.58. The van der Waals surface area contributed by atoms with Crippen molar-refractivity contribution in [2.75, 3.05) is 0 Å². The van der Waals surface area contributed by atoms with Gasteiger partial charge in [-0.15, -0.1) is 0 Å². The maximum atomic E-state index is 9.61. The van der Waals surface area contributed by atoms with Crippen molar-refractivity contribution in [3.8, 4) is 0 Å². The summed E-state index contributed by atoms with van der Waals surface area (Å²) in [6.07, 6.45) is 6.41. The summed E-state index contributed by atoms with van der Waals surface area (Å²) in [5, 5.41) is 12.9. The number of hydrogen-bond donors (Lipinski definition) is 2. The quantitative estimate of drug-likeness (QED) is 0.563. The van der Waals surface area contributed by atoms with Crippen LogP contribution in [0.3, 0.4) is 0 Å². The molecule has 0 aromatic carbocycles. The van der Waals surface area contributed by atoms with Gasteiger partial charge in [-0.25, -0.2) is 0 Å². The Bertz CT molecular complexity index is 237. The summed E-state index contributed by atoms with van der Waals surface area (Å²) in [5.74, 6) is 0.814. The maximum absolute atomic E-state index is 9.61. The summed E-state index contributed by atoms with van der Waals surface area (Å²) in [4.78, 5) is 0.690. The van der Waals surface area contributed by atoms with Crippen molar-refractivity contribution >= 4 is 17.2 Å². The van der Waals surface area contributed by atoms with Gasteiger partial charge in [0, 0.05) is 18.0 Å². The van der Waals surface area contributed by atoms with Gasteiger partial charge in [0.15, 0.2) is 0 Å². The highest BCUT2D eigenvalue weighted by molar-refractivity contribution is 7.80. The summed E-state index contributed by atoms with van der Waals surface area (Å²) in [7, 11) is 0. The van der Waals surface area contributed by atoms with E-state index in [1.807, 2.05) is 0 Å². The second-order valence-corrected chi connectivity index (χ2v) is 4.02. The molecular weight excluding hydrogens is 170 g/mol. The van der Waals surface area contributed by atoms with Gasteiger partial charge in [0.05, 0.1) is 0 Å². The Morgan fingerprint density at radius 3 is 3.00 bits per heavy atom. The molecule has 2 atom stereocenters. The largest absolute Gasteiger partial charge is 0.512 e. The van der Waals surface area contributed by atoms with Crippen molar-refractivity contribution < 1.29 is 5.11 Å². The minimum absolute atomic E-state index is 0.324. The second kappa shape index (κ2) is 3.05. The van der Waals surface area contributed by atoms with Crippen LogP contribution in [0.1, 0.15) is 25.7 Å². The van der Waals surface area contributed by atoms with E-state index in [9.17, 15) is 5.11 Å². The SMILES string of the molecule is OC1=CC(=S)NC2CCCCC12. The van der Waals surface area contributed by atoms with Gasteiger partial charge in [0.25, 0.3) is 0 Å². The smallest absolute Gasteiger partial charge is 0.102 e. The van der Waals surface area contributed by atoms with Crippen molar-refractivity contribution in [1.82, 2.24) is 5.32 Å². The molecule has 2 N–H and O–H groups in total. The molecule has 0 aromatic heterocycles. The number of rotatable bonds is 0. The van der Waals surface area contributed by atoms with E-state index in [4.69, 9.17) is 12.2 Å². The van der Waals surface area contributed by atoms with Crippen LogP contribution in [0.5, 0.6) is 0 Å². The zero-order chi connectivity index (χ0) is 8.55. The molecule has 1 aliphatic carbocycles. The van der Waals surface area contributed by atoms with Gasteiger partial charge in [-0.1, -0.05) is 25.1 Å². The third kappa shape index (κ3) is 1.33. The summed E-state index contributed by atoms with van der Waals surface area (Å²) >= 11 is 5.00. The number of hydrogen-bond acceptors (Lipinski definition) is 2. The van der Waals surface area contributed by atoms with Crippen molar-refractivity contribution in [2.45, 2.75) is 31.7 Å². The van der Waals surface area contributed by atoms with E-state index >= 15 is 0 Å². The number of fused-ring (bicyclic) bond motifs is 1. The zero-order valence-corrected chi connectivity index (χ0v) is 7.73. The van der Waals surface area contributed by atoms with E-state index in [-0.39, 0.29) is 0 Å². The highest BCUT2D eigenvalue weighted by Gasteiger charge is 2.31. The van der Waals surface area contributed by atoms with Crippen molar-refractivity contribution in [1.29, 1.82) is 0 Å². The molecule has 66 valence electrons. The fourth-order valence-corrected chi connectivity index (χ4v) is 2.40. The van der Waals surface area contributed by atoms with Crippen molar-refractivity contribution in [2.24, 2.45) is 5.92 Å². The fraction of sp³-hybridized carbons (Fsp3) is 0.667. The van der Waals surface area contributed by atoms with Crippen molar-refractivity contribution in [3.05, 3.63) is 11.8 Å². The molecular formula is C9H13NOS. The predicted molar refractivity (Wildman–Crippen MR) is 52.2 cm³/mol. The van der Waals surface area contributed by atoms with Crippen LogP contribution in [0.4, 0.5) is 0 Å². The zero-order valence-electron chi connectivity index (χ0n) is 6.92. The Hall–Kier alpha value is -0.570. The summed E-state index contributed by atoms with van der Waals surface area (Å²) in [5.41, 5.74) is 0. The minimum Gasteiger partial charge on any atom is -0.512 e. The molecule has 1 heterocycles. The number of nitrogens with one attached hydrogen (secondary N) is 1. The van der Waals surface area contributed by atoms with E-state index in [1.165, 1.54) is 12.8 Å². The van der Waals surface area contributed by atoms with E-state index in [0.29, 0.717) is 22.7 Å². The monoisotopic (exact) mass is 183 g/mol. The van der Waals surface area contributed by atoms with Crippen LogP contribution in [0.25, 0.3) is 0 Å². The Kier molecular flexibility index (Phi) is 2.05. The molecule has 1 aliphatic heterocycles. The van der Waals surface area contributed by atoms with E-state index < -0.39 is 0 Å². The van der Waals surface area contributed by atoms with Crippen LogP contribution in [0.2, 0.25) is 0 Å². The van der Waals surface area contributed by atoms with Gasteiger partial charge in [0.2, 0.25) is 0 Å². The van der Waals surface area contributed by atoms with Gasteiger partial charge < -0.3 is 10.4 Å². The molecule has 0 bridgehead atoms. The molecule has 0 saturated heterocycles. The van der Waals surface area contributed by atoms with Gasteiger partial charge >= 0.3 is 0 Å². The minimum atomic E-state index is 0.324. The summed E-state index contributed by atoms with van der Waals surface area (Å²) < 4.78 is 0. The Morgan fingerprint density at radius 2 is 2.17 bits per heavy atom. The molecule has 0 aromatic rings. The van der Waals surface area contributed by atoms with E-state index in [1.54, 1.807) is 6.08 Å². The maximum Gasteiger partial charge on any atom is 0.102 e. The molecule has 0 radical (unpaired) electrons. The lowest BCUT2D eigenvalue weighted by Gasteiger charge is -2.35. The highest BCUT2D eigenvalue weighted by atomic mass is 32.1. The van der Waals surface area contributed by atoms with Crippen LogP contribution in [-0.2, 0) is 0 Å². The van der Waals surface area contributed by atoms with E-state index in [2.05, 4.69) is 5.32 Å². The molecule has 0 spiro atoms. The molecule has 2 aliphatic rings. The lowest BCUT2D eigenvalue weighted by Crippen LogP contribution is -2.45. The number of aliphatic hydroxyl groups excluding tert-OH is 1. The molecule has 2 nitrogen and oxygen atoms in total. The summed E-state index contributed by atoms with van der Waals surface area (Å²) in [6, 6.07) is 0.399. The first-order valence-corrected chi connectivity index (χ1v) is 4.89.